The Kier molecular flexibility index (Phi) is 2.50. The SMILES string of the molecule is NC(=O)c1cccc2c1OCC1(CO2)CS(=O)(=O)C1. The Balaban J connectivity index is 1.91. The first-order chi connectivity index (χ1) is 8.91. The van der Waals surface area contributed by atoms with Crippen LogP contribution >= 0.6 is 0 Å². The molecule has 2 N–H and O–H groups in total. The van der Waals surface area contributed by atoms with Crippen molar-refractivity contribution in [3.8, 4) is 11.5 Å². The Hall–Kier alpha value is -1.76. The number of hydrogen-bond acceptors (Lipinski definition) is 5. The number of primary amides is 1. The lowest BCUT2D eigenvalue weighted by atomic mass is 9.94. The largest absolute Gasteiger partial charge is 0.489 e. The van der Waals surface area contributed by atoms with Gasteiger partial charge in [0.1, 0.15) is 0 Å². The summed E-state index contributed by atoms with van der Waals surface area (Å²) in [5.74, 6) is 0.242. The van der Waals surface area contributed by atoms with Gasteiger partial charge in [-0.25, -0.2) is 8.42 Å². The first-order valence-corrected chi connectivity index (χ1v) is 7.62. The van der Waals surface area contributed by atoms with Crippen LogP contribution in [-0.2, 0) is 9.84 Å². The van der Waals surface area contributed by atoms with Crippen LogP contribution in [0.15, 0.2) is 18.2 Å². The van der Waals surface area contributed by atoms with Gasteiger partial charge in [-0.2, -0.15) is 0 Å². The van der Waals surface area contributed by atoms with E-state index in [1.807, 2.05) is 0 Å². The Bertz CT molecular complexity index is 640. The molecule has 2 aliphatic heterocycles. The molecule has 102 valence electrons. The minimum atomic E-state index is -2.97. The molecule has 6 nitrogen and oxygen atoms in total. The van der Waals surface area contributed by atoms with Crippen LogP contribution in [0, 0.1) is 5.41 Å². The molecule has 2 aliphatic rings. The van der Waals surface area contributed by atoms with Gasteiger partial charge in [-0.15, -0.1) is 0 Å². The molecule has 1 aromatic carbocycles. The minimum absolute atomic E-state index is 0.0554. The predicted octanol–water partition coefficient (Wildman–Crippen LogP) is -0.0285. The van der Waals surface area contributed by atoms with E-state index in [0.717, 1.165) is 0 Å². The van der Waals surface area contributed by atoms with Gasteiger partial charge in [0, 0.05) is 0 Å². The van der Waals surface area contributed by atoms with Crippen molar-refractivity contribution in [3.63, 3.8) is 0 Å². The maximum atomic E-state index is 11.3. The molecule has 7 heteroatoms. The highest BCUT2D eigenvalue weighted by Crippen LogP contribution is 2.41. The summed E-state index contributed by atoms with van der Waals surface area (Å²) in [5.41, 5.74) is 5.02. The summed E-state index contributed by atoms with van der Waals surface area (Å²) in [4.78, 5) is 11.3. The zero-order valence-corrected chi connectivity index (χ0v) is 10.9. The summed E-state index contributed by atoms with van der Waals surface area (Å²) >= 11 is 0. The lowest BCUT2D eigenvalue weighted by molar-refractivity contribution is 0.0992. The maximum Gasteiger partial charge on any atom is 0.252 e. The fourth-order valence-corrected chi connectivity index (χ4v) is 4.64. The number of nitrogens with two attached hydrogens (primary N) is 1. The Morgan fingerprint density at radius 2 is 1.89 bits per heavy atom. The third-order valence-electron chi connectivity index (χ3n) is 3.35. The highest BCUT2D eigenvalue weighted by molar-refractivity contribution is 7.92. The number of carbonyl (C=O) groups is 1. The zero-order valence-electron chi connectivity index (χ0n) is 10.1. The number of fused-ring (bicyclic) bond motifs is 1. The van der Waals surface area contributed by atoms with Crippen LogP contribution < -0.4 is 15.2 Å². The molecule has 1 amide bonds. The van der Waals surface area contributed by atoms with Gasteiger partial charge in [0.2, 0.25) is 0 Å². The molecule has 2 heterocycles. The summed E-state index contributed by atoms with van der Waals surface area (Å²) < 4.78 is 33.9. The number of para-hydroxylation sites is 1. The third-order valence-corrected chi connectivity index (χ3v) is 5.46. The second-order valence-corrected chi connectivity index (χ2v) is 7.17. The average molecular weight is 283 g/mol. The average Bonchev–Trinajstić information content (AvgIpc) is 2.48. The minimum Gasteiger partial charge on any atom is -0.489 e. The lowest BCUT2D eigenvalue weighted by Gasteiger charge is -2.38. The quantitative estimate of drug-likeness (QED) is 0.781. The van der Waals surface area contributed by atoms with E-state index in [1.54, 1.807) is 18.2 Å². The first-order valence-electron chi connectivity index (χ1n) is 5.80. The van der Waals surface area contributed by atoms with Gasteiger partial charge in [-0.05, 0) is 12.1 Å². The van der Waals surface area contributed by atoms with E-state index in [2.05, 4.69) is 0 Å². The number of benzene rings is 1. The Morgan fingerprint density at radius 1 is 1.21 bits per heavy atom. The molecule has 1 saturated heterocycles. The van der Waals surface area contributed by atoms with E-state index in [-0.39, 0.29) is 30.3 Å². The topological polar surface area (TPSA) is 95.7 Å². The molecular weight excluding hydrogens is 270 g/mol. The molecule has 3 rings (SSSR count). The lowest BCUT2D eigenvalue weighted by Crippen LogP contribution is -2.55. The number of rotatable bonds is 1. The van der Waals surface area contributed by atoms with E-state index in [0.29, 0.717) is 11.5 Å². The fraction of sp³-hybridized carbons (Fsp3) is 0.417. The standard InChI is InChI=1S/C12H13NO5S/c13-11(14)8-2-1-3-9-10(8)18-5-12(4-17-9)6-19(15,16)7-12/h1-3H,4-7H2,(H2,13,14). The van der Waals surface area contributed by atoms with Crippen LogP contribution in [0.5, 0.6) is 11.5 Å². The highest BCUT2D eigenvalue weighted by Gasteiger charge is 2.51. The summed E-state index contributed by atoms with van der Waals surface area (Å²) in [6.07, 6.45) is 0. The van der Waals surface area contributed by atoms with Crippen LogP contribution in [0.1, 0.15) is 10.4 Å². The number of carbonyl (C=O) groups excluding carboxylic acids is 1. The van der Waals surface area contributed by atoms with Gasteiger partial charge < -0.3 is 15.2 Å². The van der Waals surface area contributed by atoms with E-state index >= 15 is 0 Å². The second-order valence-electron chi connectivity index (χ2n) is 5.11. The highest BCUT2D eigenvalue weighted by atomic mass is 32.2. The van der Waals surface area contributed by atoms with Crippen molar-refractivity contribution in [2.75, 3.05) is 24.7 Å². The molecule has 0 aromatic heterocycles. The molecule has 0 aliphatic carbocycles. The zero-order chi connectivity index (χ0) is 13.7. The number of sulfone groups is 1. The molecule has 19 heavy (non-hydrogen) atoms. The Morgan fingerprint density at radius 3 is 2.53 bits per heavy atom. The van der Waals surface area contributed by atoms with Crippen molar-refractivity contribution in [2.45, 2.75) is 0 Å². The number of hydrogen-bond donors (Lipinski definition) is 1. The molecule has 1 aromatic rings. The smallest absolute Gasteiger partial charge is 0.252 e. The van der Waals surface area contributed by atoms with Crippen molar-refractivity contribution < 1.29 is 22.7 Å². The first kappa shape index (κ1) is 12.3. The van der Waals surface area contributed by atoms with Crippen molar-refractivity contribution in [1.29, 1.82) is 0 Å². The van der Waals surface area contributed by atoms with Crippen LogP contribution in [0.2, 0.25) is 0 Å². The molecule has 0 bridgehead atoms. The van der Waals surface area contributed by atoms with Gasteiger partial charge in [-0.3, -0.25) is 4.79 Å². The summed E-state index contributed by atoms with van der Waals surface area (Å²) in [6.45, 7) is 0.477. The molecular formula is C12H13NO5S. The molecule has 0 radical (unpaired) electrons. The van der Waals surface area contributed by atoms with Gasteiger partial charge in [-0.1, -0.05) is 6.07 Å². The van der Waals surface area contributed by atoms with Crippen LogP contribution in [0.25, 0.3) is 0 Å². The summed E-state index contributed by atoms with van der Waals surface area (Å²) in [7, 11) is -2.97. The van der Waals surface area contributed by atoms with Gasteiger partial charge in [0.25, 0.3) is 5.91 Å². The Labute approximate surface area is 110 Å². The second kappa shape index (κ2) is 3.86. The molecule has 1 spiro atoms. The van der Waals surface area contributed by atoms with Crippen molar-refractivity contribution >= 4 is 15.7 Å². The molecule has 0 saturated carbocycles. The number of amides is 1. The molecule has 0 atom stereocenters. The maximum absolute atomic E-state index is 11.3. The van der Waals surface area contributed by atoms with E-state index in [9.17, 15) is 13.2 Å². The normalized spacial score (nSPS) is 22.3. The van der Waals surface area contributed by atoms with E-state index < -0.39 is 21.2 Å². The van der Waals surface area contributed by atoms with Crippen LogP contribution in [0.4, 0.5) is 0 Å². The van der Waals surface area contributed by atoms with Crippen LogP contribution in [-0.4, -0.2) is 39.0 Å². The van der Waals surface area contributed by atoms with E-state index in [1.165, 1.54) is 0 Å². The van der Waals surface area contributed by atoms with Gasteiger partial charge in [0.15, 0.2) is 21.3 Å². The van der Waals surface area contributed by atoms with Gasteiger partial charge in [0.05, 0.1) is 35.7 Å². The predicted molar refractivity (Wildman–Crippen MR) is 67.0 cm³/mol. The van der Waals surface area contributed by atoms with Crippen LogP contribution in [0.3, 0.4) is 0 Å². The summed E-state index contributed by atoms with van der Waals surface area (Å²) in [6, 6.07) is 4.88. The monoisotopic (exact) mass is 283 g/mol. The molecule has 1 fully saturated rings. The van der Waals surface area contributed by atoms with Gasteiger partial charge >= 0.3 is 0 Å². The van der Waals surface area contributed by atoms with E-state index in [4.69, 9.17) is 15.2 Å². The molecule has 0 unspecified atom stereocenters. The van der Waals surface area contributed by atoms with Crippen molar-refractivity contribution in [2.24, 2.45) is 11.1 Å². The number of ether oxygens (including phenoxy) is 2. The third kappa shape index (κ3) is 2.03. The summed E-state index contributed by atoms with van der Waals surface area (Å²) in [5, 5.41) is 0. The van der Waals surface area contributed by atoms with Crippen molar-refractivity contribution in [3.05, 3.63) is 23.8 Å². The fourth-order valence-electron chi connectivity index (χ4n) is 2.53. The van der Waals surface area contributed by atoms with Crippen molar-refractivity contribution in [1.82, 2.24) is 0 Å².